The van der Waals surface area contributed by atoms with Gasteiger partial charge >= 0.3 is 0 Å². The zero-order chi connectivity index (χ0) is 22.1. The Labute approximate surface area is 188 Å². The van der Waals surface area contributed by atoms with Crippen molar-refractivity contribution >= 4 is 37.9 Å². The summed E-state index contributed by atoms with van der Waals surface area (Å²) >= 11 is 0. The van der Waals surface area contributed by atoms with Gasteiger partial charge in [0.2, 0.25) is 0 Å². The first-order valence-electron chi connectivity index (χ1n) is 10.9. The van der Waals surface area contributed by atoms with Crippen LogP contribution in [-0.2, 0) is 0 Å². The van der Waals surface area contributed by atoms with Crippen LogP contribution in [0.25, 0.3) is 49.0 Å². The van der Waals surface area contributed by atoms with Crippen molar-refractivity contribution in [2.45, 2.75) is 6.92 Å². The third-order valence-electron chi connectivity index (χ3n) is 6.12. The standard InChI is InChI=1S/C31H25N/c1-21(20-32)12-13-22(2)24-14-16-28-26-10-6-7-11-27(26)29-17-15-25(19-31(29)30(28)18-24)23-8-4-3-5-9-23/h3-20H,2,32H2,1H3/b13-12-,21-20-. The van der Waals surface area contributed by atoms with Crippen molar-refractivity contribution < 1.29 is 0 Å². The molecule has 0 heterocycles. The lowest BCUT2D eigenvalue weighted by Gasteiger charge is -2.13. The van der Waals surface area contributed by atoms with Gasteiger partial charge in [0, 0.05) is 0 Å². The molecule has 0 aliphatic rings. The highest BCUT2D eigenvalue weighted by molar-refractivity contribution is 6.26. The zero-order valence-electron chi connectivity index (χ0n) is 18.2. The van der Waals surface area contributed by atoms with Crippen LogP contribution in [0.2, 0.25) is 0 Å². The summed E-state index contributed by atoms with van der Waals surface area (Å²) in [5.41, 5.74) is 11.1. The van der Waals surface area contributed by atoms with Crippen molar-refractivity contribution in [3.05, 3.63) is 127 Å². The maximum Gasteiger partial charge on any atom is -0.00325 e. The SMILES string of the molecule is C=C(/C=C\C(C)=C/N)c1ccc2c3ccccc3c3ccc(-c4ccccc4)cc3c2c1. The number of benzene rings is 5. The maximum absolute atomic E-state index is 5.61. The number of allylic oxidation sites excluding steroid dienone is 4. The summed E-state index contributed by atoms with van der Waals surface area (Å²) in [6.45, 7) is 6.27. The van der Waals surface area contributed by atoms with Gasteiger partial charge in [-0.1, -0.05) is 97.6 Å². The Morgan fingerprint density at radius 3 is 1.91 bits per heavy atom. The molecule has 1 heteroatoms. The van der Waals surface area contributed by atoms with Gasteiger partial charge in [-0.25, -0.2) is 0 Å². The monoisotopic (exact) mass is 411 g/mol. The van der Waals surface area contributed by atoms with E-state index >= 15 is 0 Å². The van der Waals surface area contributed by atoms with Gasteiger partial charge in [-0.2, -0.15) is 0 Å². The Hall–Kier alpha value is -4.10. The van der Waals surface area contributed by atoms with E-state index in [9.17, 15) is 0 Å². The summed E-state index contributed by atoms with van der Waals surface area (Å²) in [4.78, 5) is 0. The molecule has 154 valence electrons. The average Bonchev–Trinajstić information content (AvgIpc) is 2.87. The van der Waals surface area contributed by atoms with Crippen LogP contribution in [0.15, 0.2) is 121 Å². The van der Waals surface area contributed by atoms with Crippen molar-refractivity contribution in [2.75, 3.05) is 0 Å². The number of rotatable bonds is 4. The van der Waals surface area contributed by atoms with Crippen LogP contribution in [0.4, 0.5) is 0 Å². The van der Waals surface area contributed by atoms with E-state index in [0.717, 1.165) is 16.7 Å². The maximum atomic E-state index is 5.61. The van der Waals surface area contributed by atoms with Crippen LogP contribution in [0.1, 0.15) is 12.5 Å². The van der Waals surface area contributed by atoms with Crippen molar-refractivity contribution in [1.82, 2.24) is 0 Å². The summed E-state index contributed by atoms with van der Waals surface area (Å²) < 4.78 is 0. The van der Waals surface area contributed by atoms with Gasteiger partial charge in [0.1, 0.15) is 0 Å². The lowest BCUT2D eigenvalue weighted by atomic mass is 9.90. The molecule has 0 radical (unpaired) electrons. The van der Waals surface area contributed by atoms with Gasteiger partial charge in [0.15, 0.2) is 0 Å². The van der Waals surface area contributed by atoms with E-state index in [2.05, 4.69) is 97.6 Å². The second kappa shape index (κ2) is 8.20. The first kappa shape index (κ1) is 19.8. The van der Waals surface area contributed by atoms with E-state index in [1.54, 1.807) is 6.20 Å². The van der Waals surface area contributed by atoms with Gasteiger partial charge in [-0.3, -0.25) is 0 Å². The van der Waals surface area contributed by atoms with Crippen LogP contribution >= 0.6 is 0 Å². The van der Waals surface area contributed by atoms with Gasteiger partial charge in [0.05, 0.1) is 0 Å². The third kappa shape index (κ3) is 3.48. The molecule has 0 fully saturated rings. The summed E-state index contributed by atoms with van der Waals surface area (Å²) in [6, 6.07) is 32.7. The van der Waals surface area contributed by atoms with E-state index in [-0.39, 0.29) is 0 Å². The predicted molar refractivity (Wildman–Crippen MR) is 141 cm³/mol. The fourth-order valence-corrected chi connectivity index (χ4v) is 4.35. The topological polar surface area (TPSA) is 26.0 Å². The quantitative estimate of drug-likeness (QED) is 0.234. The molecule has 0 spiro atoms. The first-order chi connectivity index (χ1) is 15.7. The Kier molecular flexibility index (Phi) is 5.09. The molecule has 2 N–H and O–H groups in total. The minimum Gasteiger partial charge on any atom is -0.404 e. The molecule has 0 bridgehead atoms. The highest BCUT2D eigenvalue weighted by atomic mass is 14.5. The van der Waals surface area contributed by atoms with E-state index in [1.807, 2.05) is 19.1 Å². The number of hydrogen-bond acceptors (Lipinski definition) is 1. The van der Waals surface area contributed by atoms with Crippen LogP contribution < -0.4 is 5.73 Å². The van der Waals surface area contributed by atoms with Crippen molar-refractivity contribution in [3.63, 3.8) is 0 Å². The fourth-order valence-electron chi connectivity index (χ4n) is 4.35. The molecular formula is C31H25N. The molecule has 0 aromatic heterocycles. The molecule has 5 aromatic rings. The summed E-state index contributed by atoms with van der Waals surface area (Å²) in [6.07, 6.45) is 5.63. The molecule has 5 rings (SSSR count). The number of hydrogen-bond donors (Lipinski definition) is 1. The molecule has 1 nitrogen and oxygen atoms in total. The smallest absolute Gasteiger partial charge is 0.00325 e. The first-order valence-corrected chi connectivity index (χ1v) is 10.9. The Balaban J connectivity index is 1.79. The van der Waals surface area contributed by atoms with Crippen LogP contribution in [0, 0.1) is 0 Å². The average molecular weight is 412 g/mol. The second-order valence-corrected chi connectivity index (χ2v) is 8.20. The largest absolute Gasteiger partial charge is 0.404 e. The Bertz CT molecular complexity index is 1540. The summed E-state index contributed by atoms with van der Waals surface area (Å²) in [5, 5.41) is 7.60. The molecule has 0 atom stereocenters. The van der Waals surface area contributed by atoms with Crippen LogP contribution in [0.5, 0.6) is 0 Å². The van der Waals surface area contributed by atoms with Crippen LogP contribution in [-0.4, -0.2) is 0 Å². The molecular weight excluding hydrogens is 386 g/mol. The number of nitrogens with two attached hydrogens (primary N) is 1. The minimum absolute atomic E-state index is 0.966. The normalized spacial score (nSPS) is 12.2. The molecule has 0 saturated heterocycles. The van der Waals surface area contributed by atoms with Gasteiger partial charge in [0.25, 0.3) is 0 Å². The van der Waals surface area contributed by atoms with E-state index in [4.69, 9.17) is 5.73 Å². The predicted octanol–water partition coefficient (Wildman–Crippen LogP) is 8.25. The highest BCUT2D eigenvalue weighted by Gasteiger charge is 2.11. The molecule has 0 unspecified atom stereocenters. The molecule has 0 aliphatic carbocycles. The van der Waals surface area contributed by atoms with Crippen molar-refractivity contribution in [1.29, 1.82) is 0 Å². The molecule has 32 heavy (non-hydrogen) atoms. The zero-order valence-corrected chi connectivity index (χ0v) is 18.2. The van der Waals surface area contributed by atoms with E-state index in [1.165, 1.54) is 43.4 Å². The van der Waals surface area contributed by atoms with Crippen LogP contribution in [0.3, 0.4) is 0 Å². The lowest BCUT2D eigenvalue weighted by molar-refractivity contribution is 1.43. The van der Waals surface area contributed by atoms with Crippen molar-refractivity contribution in [2.24, 2.45) is 5.73 Å². The summed E-state index contributed by atoms with van der Waals surface area (Å²) in [7, 11) is 0. The summed E-state index contributed by atoms with van der Waals surface area (Å²) in [5.74, 6) is 0. The number of fused-ring (bicyclic) bond motifs is 6. The van der Waals surface area contributed by atoms with E-state index in [0.29, 0.717) is 0 Å². The van der Waals surface area contributed by atoms with Crippen molar-refractivity contribution in [3.8, 4) is 11.1 Å². The second-order valence-electron chi connectivity index (χ2n) is 8.20. The van der Waals surface area contributed by atoms with Gasteiger partial charge in [-0.05, 0) is 85.4 Å². The third-order valence-corrected chi connectivity index (χ3v) is 6.12. The highest BCUT2D eigenvalue weighted by Crippen LogP contribution is 2.38. The van der Waals surface area contributed by atoms with Gasteiger partial charge < -0.3 is 5.73 Å². The fraction of sp³-hybridized carbons (Fsp3) is 0.0323. The minimum atomic E-state index is 0.966. The lowest BCUT2D eigenvalue weighted by Crippen LogP contribution is -1.87. The molecule has 0 aliphatic heterocycles. The van der Waals surface area contributed by atoms with Gasteiger partial charge in [-0.15, -0.1) is 0 Å². The molecule has 0 saturated carbocycles. The Morgan fingerprint density at radius 2 is 1.22 bits per heavy atom. The molecule has 5 aromatic carbocycles. The Morgan fingerprint density at radius 1 is 0.625 bits per heavy atom. The molecule has 0 amide bonds. The van der Waals surface area contributed by atoms with E-state index < -0.39 is 0 Å².